The number of hydrogen-bond donors (Lipinski definition) is 10. The van der Waals surface area contributed by atoms with E-state index in [0.29, 0.717) is 11.3 Å². The van der Waals surface area contributed by atoms with Crippen molar-refractivity contribution in [1.29, 1.82) is 0 Å². The molecule has 0 aliphatic carbocycles. The number of nitrogens with zero attached hydrogens (tertiary/aromatic N) is 2. The Balaban J connectivity index is 1.63. The zero-order valence-electron chi connectivity index (χ0n) is 46.0. The maximum atomic E-state index is 15.4. The van der Waals surface area contributed by atoms with Gasteiger partial charge in [0.15, 0.2) is 0 Å². The topological polar surface area (TPSA) is 339 Å². The Morgan fingerprint density at radius 1 is 0.716 bits per heavy atom. The molecule has 0 fully saturated rings. The fourth-order valence-corrected chi connectivity index (χ4v) is 8.47. The standard InChI is InChI=1S/C56H72F2N10O13/c1-33(2)49(66-55(80)81-32-36-15-11-8-12-16-36)54(79)63-34(3)51(76)65-42(27-44(59)70)53(78)64-41(52(77)61-23-22-60-46(72)28-62-45(71)19-20-48(74)75)21-24-68(47(73)31-69)50(56(4,5)6)43-25-37(39-26-38(57)17-18-40(39)58)30-67(43)29-35-13-9-7-10-14-35/h7-18,25-26,30,33-34,41-42,49-50,69H,19-24,27-29,31-32H2,1-6H3,(H2,59,70)(H,60,72)(H,61,77)(H,62,71)(H,63,79)(H,64,78)(H,65,76)(H,66,80)(H,74,75)/t34-,41-,42-,49-,50-/m0/s1. The highest BCUT2D eigenvalue weighted by molar-refractivity contribution is 5.97. The van der Waals surface area contributed by atoms with E-state index in [2.05, 4.69) is 37.2 Å². The molecule has 0 aliphatic heterocycles. The van der Waals surface area contributed by atoms with Crippen LogP contribution in [0.4, 0.5) is 13.6 Å². The number of benzene rings is 3. The molecule has 5 atom stereocenters. The van der Waals surface area contributed by atoms with Gasteiger partial charge in [-0.1, -0.05) is 95.3 Å². The highest BCUT2D eigenvalue weighted by atomic mass is 19.1. The Morgan fingerprint density at radius 2 is 1.35 bits per heavy atom. The number of amides is 9. The largest absolute Gasteiger partial charge is 0.481 e. The summed E-state index contributed by atoms with van der Waals surface area (Å²) in [7, 11) is 0. The first-order valence-corrected chi connectivity index (χ1v) is 26.1. The number of halogens is 2. The molecule has 11 N–H and O–H groups in total. The molecule has 81 heavy (non-hydrogen) atoms. The second kappa shape index (κ2) is 31.2. The fraction of sp³-hybridized carbons (Fsp3) is 0.429. The molecule has 3 aromatic carbocycles. The van der Waals surface area contributed by atoms with E-state index in [9.17, 15) is 57.4 Å². The van der Waals surface area contributed by atoms with E-state index in [4.69, 9.17) is 15.6 Å². The monoisotopic (exact) mass is 1130 g/mol. The minimum Gasteiger partial charge on any atom is -0.481 e. The number of aromatic nitrogens is 1. The van der Waals surface area contributed by atoms with Crippen LogP contribution in [0.5, 0.6) is 0 Å². The molecule has 9 amide bonds. The number of aliphatic hydroxyl groups excluding tert-OH is 1. The van der Waals surface area contributed by atoms with Crippen molar-refractivity contribution in [3.63, 3.8) is 0 Å². The first-order valence-electron chi connectivity index (χ1n) is 26.1. The van der Waals surface area contributed by atoms with Gasteiger partial charge in [0.1, 0.15) is 49.0 Å². The summed E-state index contributed by atoms with van der Waals surface area (Å²) in [6.45, 7) is 7.57. The maximum absolute atomic E-state index is 15.4. The summed E-state index contributed by atoms with van der Waals surface area (Å²) >= 11 is 0. The second-order valence-corrected chi connectivity index (χ2v) is 20.5. The van der Waals surface area contributed by atoms with Gasteiger partial charge in [-0.2, -0.15) is 0 Å². The number of carbonyl (C=O) groups excluding carboxylic acids is 9. The molecule has 23 nitrogen and oxygen atoms in total. The maximum Gasteiger partial charge on any atom is 0.408 e. The molecule has 0 unspecified atom stereocenters. The number of nitrogens with two attached hydrogens (primary N) is 1. The Labute approximate surface area is 467 Å². The number of carboxylic acids is 1. The minimum absolute atomic E-state index is 0.0743. The Morgan fingerprint density at radius 3 is 1.95 bits per heavy atom. The van der Waals surface area contributed by atoms with Crippen LogP contribution in [0.25, 0.3) is 11.1 Å². The molecule has 0 aliphatic rings. The predicted molar refractivity (Wildman–Crippen MR) is 291 cm³/mol. The molecule has 0 saturated heterocycles. The van der Waals surface area contributed by atoms with E-state index in [1.807, 2.05) is 30.3 Å². The number of nitrogens with one attached hydrogen (secondary N) is 7. The second-order valence-electron chi connectivity index (χ2n) is 20.5. The highest BCUT2D eigenvalue weighted by Crippen LogP contribution is 2.41. The van der Waals surface area contributed by atoms with Crippen molar-refractivity contribution in [3.05, 3.63) is 120 Å². The number of primary amides is 1. The van der Waals surface area contributed by atoms with Crippen LogP contribution in [0.2, 0.25) is 0 Å². The van der Waals surface area contributed by atoms with E-state index in [-0.39, 0.29) is 50.3 Å². The summed E-state index contributed by atoms with van der Waals surface area (Å²) in [6, 6.07) is 15.5. The summed E-state index contributed by atoms with van der Waals surface area (Å²) in [6.07, 6.45) is -1.37. The van der Waals surface area contributed by atoms with Crippen molar-refractivity contribution < 1.29 is 71.7 Å². The normalized spacial score (nSPS) is 13.0. The molecule has 0 bridgehead atoms. The zero-order valence-corrected chi connectivity index (χ0v) is 46.0. The van der Waals surface area contributed by atoms with Crippen LogP contribution in [-0.2, 0) is 61.0 Å². The van der Waals surface area contributed by atoms with E-state index in [0.717, 1.165) is 23.8 Å². The number of carbonyl (C=O) groups is 10. The summed E-state index contributed by atoms with van der Waals surface area (Å²) in [5.41, 5.74) is 6.71. The number of rotatable bonds is 30. The lowest BCUT2D eigenvalue weighted by atomic mass is 9.82. The van der Waals surface area contributed by atoms with Crippen LogP contribution in [0.15, 0.2) is 91.1 Å². The molecule has 1 heterocycles. The molecule has 0 saturated carbocycles. The molecule has 4 aromatic rings. The molecule has 0 radical (unpaired) electrons. The zero-order chi connectivity index (χ0) is 60.0. The number of aliphatic carboxylic acids is 1. The van der Waals surface area contributed by atoms with Gasteiger partial charge >= 0.3 is 12.1 Å². The van der Waals surface area contributed by atoms with Gasteiger partial charge in [-0.25, -0.2) is 13.6 Å². The molecular weight excluding hydrogens is 1060 g/mol. The van der Waals surface area contributed by atoms with Crippen LogP contribution in [0, 0.1) is 23.0 Å². The Hall–Kier alpha value is -8.74. The van der Waals surface area contributed by atoms with E-state index in [1.54, 1.807) is 81.8 Å². The minimum atomic E-state index is -1.78. The number of aliphatic hydroxyl groups is 1. The average Bonchev–Trinajstić information content (AvgIpc) is 3.94. The fourth-order valence-electron chi connectivity index (χ4n) is 8.47. The van der Waals surface area contributed by atoms with Crippen LogP contribution in [0.3, 0.4) is 0 Å². The number of alkyl carbamates (subject to hydrolysis) is 1. The third-order valence-electron chi connectivity index (χ3n) is 12.5. The van der Waals surface area contributed by atoms with Crippen LogP contribution in [-0.4, -0.2) is 136 Å². The SMILES string of the molecule is CC(C)[C@H](NC(=O)OCc1ccccc1)C(=O)N[C@@H](C)C(=O)N[C@@H](CC(N)=O)C(=O)N[C@@H](CCN(C(=O)CO)[C@@H](c1cc(-c2cc(F)ccc2F)cn1Cc1ccccc1)C(C)(C)C)C(=O)NCCNC(=O)CNC(=O)CCC(=O)O. The molecule has 1 aromatic heterocycles. The van der Waals surface area contributed by atoms with E-state index < -0.39 is 145 Å². The smallest absolute Gasteiger partial charge is 0.408 e. The Bertz CT molecular complexity index is 2850. The van der Waals surface area contributed by atoms with Gasteiger partial charge in [0.05, 0.1) is 25.4 Å². The third-order valence-corrected chi connectivity index (χ3v) is 12.5. The van der Waals surface area contributed by atoms with Gasteiger partial charge in [0, 0.05) is 55.6 Å². The van der Waals surface area contributed by atoms with Gasteiger partial charge in [-0.15, -0.1) is 0 Å². The summed E-state index contributed by atoms with van der Waals surface area (Å²) < 4.78 is 37.1. The van der Waals surface area contributed by atoms with Gasteiger partial charge < -0.3 is 67.4 Å². The van der Waals surface area contributed by atoms with Gasteiger partial charge in [-0.05, 0) is 60.1 Å². The van der Waals surface area contributed by atoms with Gasteiger partial charge in [0.25, 0.3) is 0 Å². The van der Waals surface area contributed by atoms with Crippen LogP contribution >= 0.6 is 0 Å². The third kappa shape index (κ3) is 21.1. The van der Waals surface area contributed by atoms with Crippen molar-refractivity contribution in [2.45, 2.75) is 111 Å². The van der Waals surface area contributed by atoms with Crippen molar-refractivity contribution in [2.75, 3.05) is 32.8 Å². The highest BCUT2D eigenvalue weighted by Gasteiger charge is 2.39. The molecule has 0 spiro atoms. The van der Waals surface area contributed by atoms with Gasteiger partial charge in [0.2, 0.25) is 47.3 Å². The van der Waals surface area contributed by atoms with Crippen molar-refractivity contribution >= 4 is 59.3 Å². The number of hydrogen-bond acceptors (Lipinski definition) is 12. The van der Waals surface area contributed by atoms with Crippen molar-refractivity contribution in [1.82, 2.24) is 46.7 Å². The van der Waals surface area contributed by atoms with Crippen molar-refractivity contribution in [2.24, 2.45) is 17.1 Å². The van der Waals surface area contributed by atoms with Crippen molar-refractivity contribution in [3.8, 4) is 11.1 Å². The molecular formula is C56H72F2N10O13. The lowest BCUT2D eigenvalue weighted by Gasteiger charge is -2.41. The van der Waals surface area contributed by atoms with E-state index >= 15 is 4.39 Å². The molecule has 438 valence electrons. The van der Waals surface area contributed by atoms with Gasteiger partial charge in [-0.3, -0.25) is 43.2 Å². The predicted octanol–water partition coefficient (Wildman–Crippen LogP) is 2.29. The van der Waals surface area contributed by atoms with Crippen LogP contribution in [0.1, 0.15) is 90.1 Å². The van der Waals surface area contributed by atoms with E-state index in [1.165, 1.54) is 11.8 Å². The lowest BCUT2D eigenvalue weighted by molar-refractivity contribution is -0.140. The average molecular weight is 1130 g/mol. The quantitative estimate of drug-likeness (QED) is 0.0336. The first-order chi connectivity index (χ1) is 38.3. The summed E-state index contributed by atoms with van der Waals surface area (Å²) in [5, 5.41) is 36.5. The Kier molecular flexibility index (Phi) is 24.9. The first kappa shape index (κ1) is 64.8. The summed E-state index contributed by atoms with van der Waals surface area (Å²) in [4.78, 5) is 131. The lowest BCUT2D eigenvalue weighted by Crippen LogP contribution is -2.59. The molecule has 25 heteroatoms. The van der Waals surface area contributed by atoms with Crippen LogP contribution < -0.4 is 43.0 Å². The number of ether oxygens (including phenoxy) is 1. The number of carboxylic acid groups (broad SMARTS) is 1. The summed E-state index contributed by atoms with van der Waals surface area (Å²) in [5.74, 6) is -10.3. The molecule has 4 rings (SSSR count).